The Morgan fingerprint density at radius 3 is 1.67 bits per heavy atom. The maximum Gasteiger partial charge on any atom is 0.366 e. The molecule has 174 valence electrons. The van der Waals surface area contributed by atoms with Crippen LogP contribution in [-0.4, -0.2) is 33.1 Å². The molecular formula is C22H19ClFNO6S2. The number of ether oxygens (including phenoxy) is 1. The molecule has 0 fully saturated rings. The van der Waals surface area contributed by atoms with Crippen LogP contribution in [0.2, 0.25) is 5.02 Å². The monoisotopic (exact) mass is 511 g/mol. The molecule has 0 heterocycles. The van der Waals surface area contributed by atoms with Crippen LogP contribution in [0.5, 0.6) is 0 Å². The highest BCUT2D eigenvalue weighted by atomic mass is 35.5. The van der Waals surface area contributed by atoms with E-state index in [0.717, 1.165) is 36.4 Å². The van der Waals surface area contributed by atoms with Crippen LogP contribution in [0.3, 0.4) is 0 Å². The van der Waals surface area contributed by atoms with Gasteiger partial charge >= 0.3 is 11.8 Å². The van der Waals surface area contributed by atoms with E-state index in [1.165, 1.54) is 55.5 Å². The third-order valence-electron chi connectivity index (χ3n) is 4.54. The summed E-state index contributed by atoms with van der Waals surface area (Å²) in [5, 5.41) is 0.161. The van der Waals surface area contributed by atoms with Crippen LogP contribution in [0.25, 0.3) is 0 Å². The van der Waals surface area contributed by atoms with Crippen molar-refractivity contribution in [3.05, 3.63) is 95.5 Å². The SMILES string of the molecule is CCOC(=O)C(F)(c1ccc(Cl)cc1)N(S(=O)(=O)c1ccccc1)S(=O)(=O)c1ccccc1. The third kappa shape index (κ3) is 4.65. The quantitative estimate of drug-likeness (QED) is 0.333. The number of hydrogen-bond acceptors (Lipinski definition) is 6. The van der Waals surface area contributed by atoms with Crippen LogP contribution < -0.4 is 0 Å². The molecule has 0 radical (unpaired) electrons. The van der Waals surface area contributed by atoms with Crippen molar-refractivity contribution in [1.29, 1.82) is 0 Å². The van der Waals surface area contributed by atoms with Crippen molar-refractivity contribution < 1.29 is 30.8 Å². The van der Waals surface area contributed by atoms with Crippen molar-refractivity contribution in [2.75, 3.05) is 6.61 Å². The summed E-state index contributed by atoms with van der Waals surface area (Å²) in [7, 11) is -10.3. The first-order valence-corrected chi connectivity index (χ1v) is 12.8. The fourth-order valence-electron chi connectivity index (χ4n) is 3.03. The van der Waals surface area contributed by atoms with Crippen molar-refractivity contribution in [2.24, 2.45) is 0 Å². The molecule has 0 amide bonds. The standard InChI is InChI=1S/C22H19ClFNO6S2/c1-2-31-21(26)22(24,17-13-15-18(23)16-14-17)25(32(27,28)19-9-5-3-6-10-19)33(29,30)20-11-7-4-8-12-20/h3-16H,2H2,1H3. The van der Waals surface area contributed by atoms with E-state index in [2.05, 4.69) is 0 Å². The van der Waals surface area contributed by atoms with Gasteiger partial charge in [0, 0.05) is 10.6 Å². The van der Waals surface area contributed by atoms with Crippen molar-refractivity contribution in [3.8, 4) is 0 Å². The van der Waals surface area contributed by atoms with E-state index in [4.69, 9.17) is 16.3 Å². The number of sulfonamides is 2. The lowest BCUT2D eigenvalue weighted by molar-refractivity contribution is -0.164. The molecule has 0 aliphatic rings. The molecule has 0 spiro atoms. The lowest BCUT2D eigenvalue weighted by Crippen LogP contribution is -2.54. The van der Waals surface area contributed by atoms with Crippen LogP contribution in [0.1, 0.15) is 12.5 Å². The fraction of sp³-hybridized carbons (Fsp3) is 0.136. The fourth-order valence-corrected chi connectivity index (χ4v) is 7.12. The largest absolute Gasteiger partial charge is 0.462 e. The first kappa shape index (κ1) is 24.8. The van der Waals surface area contributed by atoms with Crippen LogP contribution in [0.15, 0.2) is 94.7 Å². The van der Waals surface area contributed by atoms with Gasteiger partial charge in [0.05, 0.1) is 16.4 Å². The summed E-state index contributed by atoms with van der Waals surface area (Å²) in [6, 6.07) is 17.2. The zero-order valence-corrected chi connectivity index (χ0v) is 19.6. The second-order valence-corrected chi connectivity index (χ2v) is 10.9. The Hall–Kier alpha value is -2.79. The molecular weight excluding hydrogens is 493 g/mol. The van der Waals surface area contributed by atoms with Gasteiger partial charge in [-0.1, -0.05) is 60.1 Å². The van der Waals surface area contributed by atoms with Crippen molar-refractivity contribution >= 4 is 37.6 Å². The molecule has 0 aromatic heterocycles. The smallest absolute Gasteiger partial charge is 0.366 e. The number of benzene rings is 3. The molecule has 0 bridgehead atoms. The molecule has 3 aromatic rings. The van der Waals surface area contributed by atoms with Gasteiger partial charge in [-0.2, -0.15) is 0 Å². The van der Waals surface area contributed by atoms with E-state index in [9.17, 15) is 21.6 Å². The zero-order chi connectivity index (χ0) is 24.3. The number of alkyl halides is 1. The van der Waals surface area contributed by atoms with Gasteiger partial charge in [-0.05, 0) is 47.0 Å². The Labute approximate surface area is 196 Å². The number of hydrogen-bond donors (Lipinski definition) is 0. The Morgan fingerprint density at radius 1 is 0.848 bits per heavy atom. The summed E-state index contributed by atoms with van der Waals surface area (Å²) < 4.78 is 75.8. The molecule has 1 atom stereocenters. The van der Waals surface area contributed by atoms with Crippen molar-refractivity contribution in [3.63, 3.8) is 0 Å². The minimum absolute atomic E-state index is 0.161. The topological polar surface area (TPSA) is 97.8 Å². The molecule has 0 N–H and O–H groups in total. The highest BCUT2D eigenvalue weighted by Crippen LogP contribution is 2.41. The average molecular weight is 512 g/mol. The summed E-state index contributed by atoms with van der Waals surface area (Å²) >= 11 is 5.86. The van der Waals surface area contributed by atoms with E-state index in [0.29, 0.717) is 0 Å². The van der Waals surface area contributed by atoms with Gasteiger partial charge in [0.25, 0.3) is 20.0 Å². The number of esters is 1. The normalized spacial score (nSPS) is 13.9. The van der Waals surface area contributed by atoms with E-state index in [1.807, 2.05) is 0 Å². The molecule has 0 saturated heterocycles. The summed E-state index contributed by atoms with van der Waals surface area (Å²) in [4.78, 5) is 11.9. The number of rotatable bonds is 8. The van der Waals surface area contributed by atoms with Crippen molar-refractivity contribution in [2.45, 2.75) is 22.5 Å². The van der Waals surface area contributed by atoms with Crippen molar-refractivity contribution in [1.82, 2.24) is 3.71 Å². The Balaban J connectivity index is 2.42. The van der Waals surface area contributed by atoms with Crippen LogP contribution in [0.4, 0.5) is 4.39 Å². The molecule has 3 aromatic carbocycles. The minimum atomic E-state index is -5.15. The van der Waals surface area contributed by atoms with Gasteiger partial charge in [0.2, 0.25) is 0 Å². The summed E-state index contributed by atoms with van der Waals surface area (Å²) in [6.45, 7) is 1.05. The predicted molar refractivity (Wildman–Crippen MR) is 120 cm³/mol. The highest BCUT2D eigenvalue weighted by molar-refractivity contribution is 8.04. The number of carbonyl (C=O) groups is 1. The van der Waals surface area contributed by atoms with Gasteiger partial charge < -0.3 is 4.74 Å². The lowest BCUT2D eigenvalue weighted by atomic mass is 10.1. The molecule has 0 saturated carbocycles. The molecule has 0 aliphatic carbocycles. The Kier molecular flexibility index (Phi) is 7.23. The number of carbonyl (C=O) groups excluding carboxylic acids is 1. The summed E-state index contributed by atoms with van der Waals surface area (Å²) in [6.07, 6.45) is 0. The van der Waals surface area contributed by atoms with Crippen LogP contribution in [0, 0.1) is 0 Å². The summed E-state index contributed by atoms with van der Waals surface area (Å²) in [5.41, 5.74) is -0.593. The molecule has 0 aliphatic heterocycles. The average Bonchev–Trinajstić information content (AvgIpc) is 2.80. The Morgan fingerprint density at radius 2 is 1.27 bits per heavy atom. The van der Waals surface area contributed by atoms with Gasteiger partial charge in [-0.25, -0.2) is 26.0 Å². The molecule has 33 heavy (non-hydrogen) atoms. The Bertz CT molecular complexity index is 1270. The van der Waals surface area contributed by atoms with E-state index in [-0.39, 0.29) is 11.6 Å². The maximum absolute atomic E-state index is 16.9. The number of halogens is 2. The minimum Gasteiger partial charge on any atom is -0.462 e. The van der Waals surface area contributed by atoms with Gasteiger partial charge in [0.15, 0.2) is 0 Å². The number of nitrogens with zero attached hydrogens (tertiary/aromatic N) is 1. The maximum atomic E-state index is 16.9. The van der Waals surface area contributed by atoms with Crippen LogP contribution in [-0.2, 0) is 35.4 Å². The zero-order valence-electron chi connectivity index (χ0n) is 17.3. The van der Waals surface area contributed by atoms with E-state index < -0.39 is 50.9 Å². The van der Waals surface area contributed by atoms with Gasteiger partial charge in [-0.3, -0.25) is 0 Å². The third-order valence-corrected chi connectivity index (χ3v) is 9.08. The summed E-state index contributed by atoms with van der Waals surface area (Å²) in [5.74, 6) is -5.49. The first-order valence-electron chi connectivity index (χ1n) is 9.59. The molecule has 1 unspecified atom stereocenters. The molecule has 7 nitrogen and oxygen atoms in total. The first-order chi connectivity index (χ1) is 15.6. The molecule has 11 heteroatoms. The van der Waals surface area contributed by atoms with E-state index in [1.54, 1.807) is 0 Å². The lowest BCUT2D eigenvalue weighted by Gasteiger charge is -2.33. The molecule has 3 rings (SSSR count). The van der Waals surface area contributed by atoms with Gasteiger partial charge in [0.1, 0.15) is 0 Å². The van der Waals surface area contributed by atoms with Crippen LogP contribution >= 0.6 is 11.6 Å². The van der Waals surface area contributed by atoms with E-state index >= 15 is 4.39 Å². The van der Waals surface area contributed by atoms with Gasteiger partial charge in [-0.15, -0.1) is 0 Å². The highest BCUT2D eigenvalue weighted by Gasteiger charge is 2.60. The second-order valence-electron chi connectivity index (χ2n) is 6.68. The second kappa shape index (κ2) is 9.60. The predicted octanol–water partition coefficient (Wildman–Crippen LogP) is 4.11.